The third-order valence-electron chi connectivity index (χ3n) is 7.66. The second-order valence-corrected chi connectivity index (χ2v) is 11.5. The number of halogens is 2. The van der Waals surface area contributed by atoms with Crippen LogP contribution in [-0.2, 0) is 17.8 Å². The Kier molecular flexibility index (Phi) is 9.24. The summed E-state index contributed by atoms with van der Waals surface area (Å²) >= 11 is 3.33. The first-order valence-corrected chi connectivity index (χ1v) is 14.7. The number of benzene rings is 3. The Morgan fingerprint density at radius 1 is 0.930 bits per heavy atom. The van der Waals surface area contributed by atoms with Crippen LogP contribution in [0.4, 0.5) is 14.9 Å². The molecule has 2 aliphatic rings. The number of carbonyl (C=O) groups is 4. The Morgan fingerprint density at radius 2 is 1.60 bits per heavy atom. The van der Waals surface area contributed by atoms with E-state index in [9.17, 15) is 28.7 Å². The van der Waals surface area contributed by atoms with Gasteiger partial charge in [-0.2, -0.15) is 0 Å². The van der Waals surface area contributed by atoms with Crippen LogP contribution in [0.2, 0.25) is 0 Å². The van der Waals surface area contributed by atoms with Gasteiger partial charge < -0.3 is 30.9 Å². The van der Waals surface area contributed by atoms with Gasteiger partial charge in [-0.1, -0.05) is 28.1 Å². The highest BCUT2D eigenvalue weighted by atomic mass is 79.9. The smallest absolute Gasteiger partial charge is 0.322 e. The molecular weight excluding hydrogens is 621 g/mol. The lowest BCUT2D eigenvalue weighted by atomic mass is 10.0. The number of anilines is 1. The lowest BCUT2D eigenvalue weighted by Gasteiger charge is -2.38. The van der Waals surface area contributed by atoms with Crippen molar-refractivity contribution < 1.29 is 28.7 Å². The van der Waals surface area contributed by atoms with Crippen LogP contribution in [0, 0.1) is 5.82 Å². The number of rotatable bonds is 7. The van der Waals surface area contributed by atoms with Crippen LogP contribution in [-0.4, -0.2) is 70.9 Å². The molecular formula is C31H31BrFN5O5. The molecule has 12 heteroatoms. The number of fused-ring (bicyclic) bond motifs is 1. The van der Waals surface area contributed by atoms with Gasteiger partial charge in [-0.05, 0) is 78.9 Å². The van der Waals surface area contributed by atoms with Crippen LogP contribution in [0.5, 0.6) is 5.75 Å². The Morgan fingerprint density at radius 3 is 2.30 bits per heavy atom. The summed E-state index contributed by atoms with van der Waals surface area (Å²) in [5.74, 6) is -1.34. The molecule has 4 N–H and O–H groups in total. The summed E-state index contributed by atoms with van der Waals surface area (Å²) in [7, 11) is 0. The molecule has 0 aromatic heterocycles. The molecule has 43 heavy (non-hydrogen) atoms. The number of phenols is 1. The van der Waals surface area contributed by atoms with Crippen molar-refractivity contribution in [3.05, 3.63) is 93.2 Å². The molecule has 1 saturated heterocycles. The van der Waals surface area contributed by atoms with Crippen molar-refractivity contribution in [2.45, 2.75) is 31.8 Å². The number of amides is 5. The van der Waals surface area contributed by atoms with E-state index in [0.717, 1.165) is 11.1 Å². The van der Waals surface area contributed by atoms with Crippen molar-refractivity contribution in [1.29, 1.82) is 0 Å². The SMILES string of the molecule is O=C(NCC(=O)N1CCC(N2CCc3cc(O)ccc3NC2=O)CC1)c1cc(Br)cc(C(=O)NCc2ccc(F)cc2)c1. The third-order valence-corrected chi connectivity index (χ3v) is 8.12. The largest absolute Gasteiger partial charge is 0.508 e. The number of nitrogens with zero attached hydrogens (tertiary/aromatic N) is 2. The van der Waals surface area contributed by atoms with Gasteiger partial charge in [0.15, 0.2) is 0 Å². The predicted molar refractivity (Wildman–Crippen MR) is 161 cm³/mol. The van der Waals surface area contributed by atoms with Gasteiger partial charge in [-0.15, -0.1) is 0 Å². The van der Waals surface area contributed by atoms with E-state index in [1.165, 1.54) is 18.2 Å². The lowest BCUT2D eigenvalue weighted by molar-refractivity contribution is -0.131. The molecule has 0 bridgehead atoms. The van der Waals surface area contributed by atoms with E-state index >= 15 is 0 Å². The normalized spacial score (nSPS) is 15.3. The monoisotopic (exact) mass is 651 g/mol. The Labute approximate surface area is 256 Å². The lowest BCUT2D eigenvalue weighted by Crippen LogP contribution is -2.51. The highest BCUT2D eigenvalue weighted by molar-refractivity contribution is 9.10. The first kappa shape index (κ1) is 30.0. The van der Waals surface area contributed by atoms with Crippen molar-refractivity contribution >= 4 is 45.4 Å². The molecule has 0 aliphatic carbocycles. The predicted octanol–water partition coefficient (Wildman–Crippen LogP) is 4.03. The quantitative estimate of drug-likeness (QED) is 0.287. The average Bonchev–Trinajstić information content (AvgIpc) is 3.16. The first-order chi connectivity index (χ1) is 20.7. The van der Waals surface area contributed by atoms with Crippen LogP contribution < -0.4 is 16.0 Å². The average molecular weight is 653 g/mol. The number of hydrogen-bond acceptors (Lipinski definition) is 5. The standard InChI is InChI=1S/C31H31BrFN5O5/c32-23-14-21(29(41)34-17-19-1-3-24(33)4-2-19)13-22(15-23)30(42)35-18-28(40)37-10-8-25(9-11-37)38-12-7-20-16-26(39)5-6-27(20)36-31(38)43/h1-6,13-16,25,39H,7-12,17-18H2,(H,34,41)(H,35,42)(H,36,43). The van der Waals surface area contributed by atoms with Gasteiger partial charge in [-0.25, -0.2) is 9.18 Å². The maximum Gasteiger partial charge on any atom is 0.322 e. The zero-order chi connectivity index (χ0) is 30.5. The van der Waals surface area contributed by atoms with Crippen molar-refractivity contribution in [2.75, 3.05) is 31.5 Å². The molecule has 3 aromatic rings. The highest BCUT2D eigenvalue weighted by Crippen LogP contribution is 2.27. The van der Waals surface area contributed by atoms with E-state index in [4.69, 9.17) is 0 Å². The first-order valence-electron chi connectivity index (χ1n) is 13.9. The van der Waals surface area contributed by atoms with Gasteiger partial charge in [0.2, 0.25) is 5.91 Å². The Balaban J connectivity index is 1.10. The Hall–Kier alpha value is -4.45. The van der Waals surface area contributed by atoms with Crippen LogP contribution in [0.3, 0.4) is 0 Å². The number of carbonyl (C=O) groups excluding carboxylic acids is 4. The number of likely N-dealkylation sites (tertiary alicyclic amines) is 1. The zero-order valence-corrected chi connectivity index (χ0v) is 24.8. The van der Waals surface area contributed by atoms with Crippen molar-refractivity contribution in [3.63, 3.8) is 0 Å². The topological polar surface area (TPSA) is 131 Å². The van der Waals surface area contributed by atoms with Crippen molar-refractivity contribution in [3.8, 4) is 5.75 Å². The van der Waals surface area contributed by atoms with Crippen LogP contribution in [0.15, 0.2) is 65.1 Å². The molecule has 3 aromatic carbocycles. The molecule has 10 nitrogen and oxygen atoms in total. The highest BCUT2D eigenvalue weighted by Gasteiger charge is 2.31. The maximum atomic E-state index is 13.1. The summed E-state index contributed by atoms with van der Waals surface area (Å²) in [5.41, 5.74) is 2.77. The minimum absolute atomic E-state index is 0.0316. The molecule has 0 atom stereocenters. The molecule has 1 fully saturated rings. The summed E-state index contributed by atoms with van der Waals surface area (Å²) in [4.78, 5) is 54.8. The number of hydrogen-bond donors (Lipinski definition) is 4. The van der Waals surface area contributed by atoms with E-state index in [2.05, 4.69) is 31.9 Å². The summed E-state index contributed by atoms with van der Waals surface area (Å²) in [6.07, 6.45) is 1.83. The summed E-state index contributed by atoms with van der Waals surface area (Å²) < 4.78 is 13.6. The van der Waals surface area contributed by atoms with Gasteiger partial charge in [0, 0.05) is 53.5 Å². The summed E-state index contributed by atoms with van der Waals surface area (Å²) in [6.45, 7) is 1.40. The van der Waals surface area contributed by atoms with E-state index in [1.807, 2.05) is 0 Å². The molecule has 2 heterocycles. The van der Waals surface area contributed by atoms with Crippen LogP contribution in [0.25, 0.3) is 0 Å². The van der Waals surface area contributed by atoms with Gasteiger partial charge in [-0.3, -0.25) is 14.4 Å². The number of piperidine rings is 1. The van der Waals surface area contributed by atoms with E-state index in [-0.39, 0.29) is 53.8 Å². The number of urea groups is 1. The van der Waals surface area contributed by atoms with Crippen LogP contribution in [0.1, 0.15) is 44.7 Å². The van der Waals surface area contributed by atoms with Crippen LogP contribution >= 0.6 is 15.9 Å². The summed E-state index contributed by atoms with van der Waals surface area (Å²) in [5, 5.41) is 18.1. The molecule has 0 saturated carbocycles. The minimum atomic E-state index is -0.496. The summed E-state index contributed by atoms with van der Waals surface area (Å²) in [6, 6.07) is 15.0. The fraction of sp³-hybridized carbons (Fsp3) is 0.290. The molecule has 224 valence electrons. The zero-order valence-electron chi connectivity index (χ0n) is 23.2. The van der Waals surface area contributed by atoms with E-state index in [1.54, 1.807) is 52.3 Å². The van der Waals surface area contributed by atoms with E-state index in [0.29, 0.717) is 49.1 Å². The van der Waals surface area contributed by atoms with E-state index < -0.39 is 11.8 Å². The molecule has 0 radical (unpaired) electrons. The molecule has 0 unspecified atom stereocenters. The van der Waals surface area contributed by atoms with Gasteiger partial charge >= 0.3 is 6.03 Å². The molecule has 2 aliphatic heterocycles. The fourth-order valence-electron chi connectivity index (χ4n) is 5.32. The number of aromatic hydroxyl groups is 1. The maximum absolute atomic E-state index is 13.1. The van der Waals surface area contributed by atoms with Crippen molar-refractivity contribution in [2.24, 2.45) is 0 Å². The number of nitrogens with one attached hydrogen (secondary N) is 3. The van der Waals surface area contributed by atoms with Gasteiger partial charge in [0.1, 0.15) is 11.6 Å². The molecule has 5 rings (SSSR count). The molecule has 5 amide bonds. The minimum Gasteiger partial charge on any atom is -0.508 e. The Bertz CT molecular complexity index is 1540. The second kappa shape index (κ2) is 13.2. The number of phenolic OH excluding ortho intramolecular Hbond substituents is 1. The fourth-order valence-corrected chi connectivity index (χ4v) is 5.82. The van der Waals surface area contributed by atoms with Crippen molar-refractivity contribution in [1.82, 2.24) is 20.4 Å². The van der Waals surface area contributed by atoms with Gasteiger partial charge in [0.05, 0.1) is 6.54 Å². The third kappa shape index (κ3) is 7.50. The second-order valence-electron chi connectivity index (χ2n) is 10.5. The molecule has 0 spiro atoms. The van der Waals surface area contributed by atoms with Gasteiger partial charge in [0.25, 0.3) is 11.8 Å².